The minimum atomic E-state index is -0.470. The van der Waals surface area contributed by atoms with E-state index in [1.165, 1.54) is 12.1 Å². The summed E-state index contributed by atoms with van der Waals surface area (Å²) in [5.74, 6) is 0.117. The van der Waals surface area contributed by atoms with Crippen LogP contribution in [-0.2, 0) is 6.42 Å². The van der Waals surface area contributed by atoms with Crippen LogP contribution in [0.1, 0.15) is 32.8 Å². The lowest BCUT2D eigenvalue weighted by molar-refractivity contribution is 0.320. The first-order chi connectivity index (χ1) is 9.38. The summed E-state index contributed by atoms with van der Waals surface area (Å²) in [4.78, 5) is 1.84. The number of halogens is 2. The van der Waals surface area contributed by atoms with Crippen molar-refractivity contribution in [2.75, 3.05) is 18.0 Å². The number of piperidine rings is 1. The van der Waals surface area contributed by atoms with Gasteiger partial charge < -0.3 is 10.6 Å². The summed E-state index contributed by atoms with van der Waals surface area (Å²) in [6, 6.07) is 2.74. The molecule has 4 heteroatoms. The fraction of sp³-hybridized carbons (Fsp3) is 0.625. The number of anilines is 1. The van der Waals surface area contributed by atoms with E-state index in [1.54, 1.807) is 0 Å². The maximum absolute atomic E-state index is 14.2. The van der Waals surface area contributed by atoms with Crippen molar-refractivity contribution in [1.82, 2.24) is 0 Å². The maximum Gasteiger partial charge on any atom is 0.149 e. The average Bonchev–Trinajstić information content (AvgIpc) is 2.32. The lowest BCUT2D eigenvalue weighted by Crippen LogP contribution is -2.39. The third-order valence-electron chi connectivity index (χ3n) is 4.28. The van der Waals surface area contributed by atoms with E-state index in [0.717, 1.165) is 6.42 Å². The van der Waals surface area contributed by atoms with Gasteiger partial charge in [-0.25, -0.2) is 8.78 Å². The summed E-state index contributed by atoms with van der Waals surface area (Å²) >= 11 is 0. The third-order valence-corrected chi connectivity index (χ3v) is 4.28. The van der Waals surface area contributed by atoms with Crippen molar-refractivity contribution in [2.24, 2.45) is 17.6 Å². The van der Waals surface area contributed by atoms with Crippen LogP contribution < -0.4 is 10.6 Å². The fourth-order valence-corrected chi connectivity index (χ4v) is 2.88. The molecule has 1 aromatic carbocycles. The number of hydrogen-bond donors (Lipinski definition) is 1. The van der Waals surface area contributed by atoms with E-state index < -0.39 is 11.6 Å². The summed E-state index contributed by atoms with van der Waals surface area (Å²) < 4.78 is 28.5. The Hall–Kier alpha value is -1.16. The van der Waals surface area contributed by atoms with Gasteiger partial charge in [-0.1, -0.05) is 13.8 Å². The highest BCUT2D eigenvalue weighted by molar-refractivity contribution is 5.51. The topological polar surface area (TPSA) is 29.3 Å². The van der Waals surface area contributed by atoms with Gasteiger partial charge in [0.15, 0.2) is 0 Å². The van der Waals surface area contributed by atoms with Gasteiger partial charge in [0.25, 0.3) is 0 Å². The Morgan fingerprint density at radius 1 is 1.25 bits per heavy atom. The largest absolute Gasteiger partial charge is 0.367 e. The lowest BCUT2D eigenvalue weighted by atomic mass is 9.88. The number of rotatable bonds is 3. The number of benzene rings is 1. The van der Waals surface area contributed by atoms with Crippen molar-refractivity contribution in [2.45, 2.75) is 39.7 Å². The van der Waals surface area contributed by atoms with Crippen LogP contribution in [0.3, 0.4) is 0 Å². The Bertz CT molecular complexity index is 451. The first kappa shape index (κ1) is 15.2. The van der Waals surface area contributed by atoms with Gasteiger partial charge in [0.1, 0.15) is 17.3 Å². The summed E-state index contributed by atoms with van der Waals surface area (Å²) in [5, 5.41) is 0. The first-order valence-electron chi connectivity index (χ1n) is 7.37. The van der Waals surface area contributed by atoms with Gasteiger partial charge in [0, 0.05) is 19.1 Å². The Balaban J connectivity index is 2.24. The van der Waals surface area contributed by atoms with Gasteiger partial charge in [0.2, 0.25) is 0 Å². The van der Waals surface area contributed by atoms with E-state index in [2.05, 4.69) is 13.8 Å². The molecule has 1 aromatic rings. The van der Waals surface area contributed by atoms with Crippen LogP contribution in [0.2, 0.25) is 0 Å². The molecule has 2 nitrogen and oxygen atoms in total. The summed E-state index contributed by atoms with van der Waals surface area (Å²) in [5.41, 5.74) is 6.43. The quantitative estimate of drug-likeness (QED) is 0.921. The molecule has 3 unspecified atom stereocenters. The minimum absolute atomic E-state index is 0.101. The van der Waals surface area contributed by atoms with E-state index >= 15 is 0 Å². The van der Waals surface area contributed by atoms with Crippen molar-refractivity contribution < 1.29 is 8.78 Å². The number of nitrogens with two attached hydrogens (primary N) is 1. The molecule has 0 aromatic heterocycles. The molecule has 0 spiro atoms. The Labute approximate surface area is 120 Å². The molecule has 1 fully saturated rings. The third kappa shape index (κ3) is 3.29. The first-order valence-corrected chi connectivity index (χ1v) is 7.37. The van der Waals surface area contributed by atoms with Crippen molar-refractivity contribution in [3.63, 3.8) is 0 Å². The van der Waals surface area contributed by atoms with Gasteiger partial charge in [-0.15, -0.1) is 0 Å². The maximum atomic E-state index is 14.2. The second kappa shape index (κ2) is 6.08. The molecule has 0 aliphatic carbocycles. The highest BCUT2D eigenvalue weighted by Gasteiger charge is 2.26. The van der Waals surface area contributed by atoms with Gasteiger partial charge in [-0.05, 0) is 49.3 Å². The van der Waals surface area contributed by atoms with Crippen LogP contribution in [0.5, 0.6) is 0 Å². The van der Waals surface area contributed by atoms with Crippen LogP contribution in [0.4, 0.5) is 14.5 Å². The summed E-state index contributed by atoms with van der Waals surface area (Å²) in [6.45, 7) is 7.59. The number of nitrogens with zero attached hydrogens (tertiary/aromatic N) is 1. The van der Waals surface area contributed by atoms with Gasteiger partial charge in [0.05, 0.1) is 0 Å². The fourth-order valence-electron chi connectivity index (χ4n) is 2.88. The second-order valence-electron chi connectivity index (χ2n) is 6.28. The zero-order valence-corrected chi connectivity index (χ0v) is 12.5. The van der Waals surface area contributed by atoms with Crippen molar-refractivity contribution >= 4 is 5.69 Å². The van der Waals surface area contributed by atoms with Gasteiger partial charge in [-0.2, -0.15) is 0 Å². The SMILES string of the molecule is CC(N)Cc1cc(F)c(N2CCC(C)C(C)C2)c(F)c1. The normalized spacial score (nSPS) is 24.8. The molecule has 1 aliphatic heterocycles. The number of hydrogen-bond acceptors (Lipinski definition) is 2. The zero-order valence-electron chi connectivity index (χ0n) is 12.5. The Morgan fingerprint density at radius 2 is 1.85 bits per heavy atom. The van der Waals surface area contributed by atoms with Crippen LogP contribution in [0.15, 0.2) is 12.1 Å². The highest BCUT2D eigenvalue weighted by Crippen LogP contribution is 2.31. The van der Waals surface area contributed by atoms with Crippen LogP contribution >= 0.6 is 0 Å². The molecule has 1 saturated heterocycles. The molecular formula is C16H24F2N2. The summed E-state index contributed by atoms with van der Waals surface area (Å²) in [6.07, 6.45) is 1.46. The smallest absolute Gasteiger partial charge is 0.149 e. The van der Waals surface area contributed by atoms with E-state index in [9.17, 15) is 8.78 Å². The predicted octanol–water partition coefficient (Wildman–Crippen LogP) is 3.34. The molecule has 3 atom stereocenters. The monoisotopic (exact) mass is 282 g/mol. The molecular weight excluding hydrogens is 258 g/mol. The van der Waals surface area contributed by atoms with Crippen molar-refractivity contribution in [1.29, 1.82) is 0 Å². The average molecular weight is 282 g/mol. The zero-order chi connectivity index (χ0) is 14.9. The standard InChI is InChI=1S/C16H24F2N2/c1-10-4-5-20(9-11(10)2)16-14(17)7-13(6-12(3)19)8-15(16)18/h7-8,10-12H,4-6,9,19H2,1-3H3. The van der Waals surface area contributed by atoms with Crippen LogP contribution in [0.25, 0.3) is 0 Å². The molecule has 1 aliphatic rings. The van der Waals surface area contributed by atoms with E-state index in [4.69, 9.17) is 5.73 Å². The van der Waals surface area contributed by atoms with Gasteiger partial charge >= 0.3 is 0 Å². The predicted molar refractivity (Wildman–Crippen MR) is 78.9 cm³/mol. The molecule has 1 heterocycles. The highest BCUT2D eigenvalue weighted by atomic mass is 19.1. The molecule has 112 valence electrons. The van der Waals surface area contributed by atoms with E-state index in [1.807, 2.05) is 11.8 Å². The Morgan fingerprint density at radius 3 is 2.35 bits per heavy atom. The Kier molecular flexibility index (Phi) is 4.63. The molecule has 0 amide bonds. The molecule has 2 N–H and O–H groups in total. The molecule has 0 saturated carbocycles. The molecule has 0 bridgehead atoms. The van der Waals surface area contributed by atoms with Crippen molar-refractivity contribution in [3.05, 3.63) is 29.3 Å². The second-order valence-corrected chi connectivity index (χ2v) is 6.28. The van der Waals surface area contributed by atoms with Crippen LogP contribution in [0, 0.1) is 23.5 Å². The van der Waals surface area contributed by atoms with E-state index in [0.29, 0.717) is 36.9 Å². The molecule has 20 heavy (non-hydrogen) atoms. The summed E-state index contributed by atoms with van der Waals surface area (Å²) in [7, 11) is 0. The van der Waals surface area contributed by atoms with Crippen molar-refractivity contribution in [3.8, 4) is 0 Å². The minimum Gasteiger partial charge on any atom is -0.367 e. The van der Waals surface area contributed by atoms with E-state index in [-0.39, 0.29) is 11.7 Å². The molecule has 2 rings (SSSR count). The molecule has 0 radical (unpaired) electrons. The van der Waals surface area contributed by atoms with Gasteiger partial charge in [-0.3, -0.25) is 0 Å². The lowest BCUT2D eigenvalue weighted by Gasteiger charge is -2.37. The van der Waals surface area contributed by atoms with Crippen LogP contribution in [-0.4, -0.2) is 19.1 Å².